The molecule has 0 spiro atoms. The smallest absolute Gasteiger partial charge is 0.222 e. The Morgan fingerprint density at radius 3 is 1.93 bits per heavy atom. The highest BCUT2D eigenvalue weighted by atomic mass is 16.5. The van der Waals surface area contributed by atoms with E-state index in [0.717, 1.165) is 30.0 Å². The van der Waals surface area contributed by atoms with Gasteiger partial charge in [0.1, 0.15) is 11.5 Å². The molecule has 0 saturated heterocycles. The van der Waals surface area contributed by atoms with Crippen LogP contribution in [-0.4, -0.2) is 31.6 Å². The van der Waals surface area contributed by atoms with Crippen molar-refractivity contribution in [1.82, 2.24) is 4.90 Å². The third-order valence-corrected chi connectivity index (χ3v) is 5.25. The molecule has 4 heteroatoms. The molecule has 0 aromatic heterocycles. The lowest BCUT2D eigenvalue weighted by Crippen LogP contribution is -2.32. The van der Waals surface area contributed by atoms with Crippen LogP contribution in [0.2, 0.25) is 0 Å². The first-order chi connectivity index (χ1) is 13.5. The van der Waals surface area contributed by atoms with E-state index in [2.05, 4.69) is 26.0 Å². The molecule has 0 aliphatic heterocycles. The topological polar surface area (TPSA) is 38.8 Å². The molecule has 0 radical (unpaired) electrons. The van der Waals surface area contributed by atoms with Crippen molar-refractivity contribution in [1.29, 1.82) is 0 Å². The van der Waals surface area contributed by atoms with Crippen LogP contribution >= 0.6 is 0 Å². The molecule has 2 rings (SSSR count). The summed E-state index contributed by atoms with van der Waals surface area (Å²) in [5.41, 5.74) is 2.41. The molecule has 0 aliphatic carbocycles. The van der Waals surface area contributed by atoms with Gasteiger partial charge in [0.2, 0.25) is 5.91 Å². The number of benzene rings is 2. The first kappa shape index (κ1) is 21.8. The third kappa shape index (κ3) is 6.01. The molecule has 4 nitrogen and oxygen atoms in total. The molecule has 28 heavy (non-hydrogen) atoms. The van der Waals surface area contributed by atoms with Crippen LogP contribution in [0.1, 0.15) is 50.7 Å². The molecular weight excluding hydrogens is 350 g/mol. The Morgan fingerprint density at radius 2 is 1.46 bits per heavy atom. The molecule has 1 atom stereocenters. The number of rotatable bonds is 10. The summed E-state index contributed by atoms with van der Waals surface area (Å²) in [6.07, 6.45) is 1.46. The van der Waals surface area contributed by atoms with E-state index in [4.69, 9.17) is 9.47 Å². The van der Waals surface area contributed by atoms with Gasteiger partial charge in [-0.2, -0.15) is 0 Å². The van der Waals surface area contributed by atoms with Crippen LogP contribution in [0.25, 0.3) is 0 Å². The Morgan fingerprint density at radius 1 is 0.929 bits per heavy atom. The minimum absolute atomic E-state index is 0.188. The summed E-state index contributed by atoms with van der Waals surface area (Å²) in [7, 11) is 3.34. The van der Waals surface area contributed by atoms with E-state index in [-0.39, 0.29) is 5.91 Å². The minimum Gasteiger partial charge on any atom is -0.497 e. The van der Waals surface area contributed by atoms with Crippen LogP contribution in [0, 0.1) is 5.92 Å². The van der Waals surface area contributed by atoms with Gasteiger partial charge >= 0.3 is 0 Å². The number of methoxy groups -OCH3 is 2. The number of ether oxygens (including phenoxy) is 2. The van der Waals surface area contributed by atoms with Crippen molar-refractivity contribution in [2.45, 2.75) is 46.1 Å². The minimum atomic E-state index is 0.188. The molecule has 2 aromatic rings. The summed E-state index contributed by atoms with van der Waals surface area (Å²) in [6.45, 7) is 7.78. The largest absolute Gasteiger partial charge is 0.497 e. The highest BCUT2D eigenvalue weighted by molar-refractivity contribution is 5.75. The fraction of sp³-hybridized carbons (Fsp3) is 0.458. The molecular formula is C24H33NO3. The Balaban J connectivity index is 2.09. The summed E-state index contributed by atoms with van der Waals surface area (Å²) in [6, 6.07) is 16.2. The van der Waals surface area contributed by atoms with Gasteiger partial charge in [0, 0.05) is 19.5 Å². The summed E-state index contributed by atoms with van der Waals surface area (Å²) in [4.78, 5) is 14.5. The first-order valence-electron chi connectivity index (χ1n) is 10.0. The highest BCUT2D eigenvalue weighted by Crippen LogP contribution is 2.30. The lowest BCUT2D eigenvalue weighted by Gasteiger charge is -2.27. The molecule has 0 aliphatic rings. The van der Waals surface area contributed by atoms with E-state index < -0.39 is 0 Å². The van der Waals surface area contributed by atoms with Crippen LogP contribution in [0.4, 0.5) is 0 Å². The van der Waals surface area contributed by atoms with Gasteiger partial charge in [-0.3, -0.25) is 4.79 Å². The Hall–Kier alpha value is -2.49. The Kier molecular flexibility index (Phi) is 8.37. The van der Waals surface area contributed by atoms with E-state index in [1.54, 1.807) is 14.2 Å². The molecule has 0 fully saturated rings. The van der Waals surface area contributed by atoms with Gasteiger partial charge in [0.15, 0.2) is 0 Å². The predicted molar refractivity (Wildman–Crippen MR) is 114 cm³/mol. The van der Waals surface area contributed by atoms with Crippen molar-refractivity contribution in [3.05, 3.63) is 59.7 Å². The molecule has 1 amide bonds. The van der Waals surface area contributed by atoms with Crippen LogP contribution in [0.5, 0.6) is 11.5 Å². The number of hydrogen-bond acceptors (Lipinski definition) is 3. The van der Waals surface area contributed by atoms with Gasteiger partial charge in [-0.25, -0.2) is 0 Å². The predicted octanol–water partition coefficient (Wildman–Crippen LogP) is 5.27. The quantitative estimate of drug-likeness (QED) is 0.561. The molecule has 0 N–H and O–H groups in total. The summed E-state index contributed by atoms with van der Waals surface area (Å²) in [5, 5.41) is 0. The first-order valence-corrected chi connectivity index (χ1v) is 10.0. The standard InChI is InChI=1S/C24H33NO3/c1-6-24(26)25(17-19-7-11-21(27-4)12-8-19)16-15-23(18(2)3)20-9-13-22(28-5)14-10-20/h7-14,18,23H,6,15-17H2,1-5H3/t23-/m1/s1. The van der Waals surface area contributed by atoms with E-state index in [0.29, 0.717) is 24.8 Å². The monoisotopic (exact) mass is 383 g/mol. The van der Waals surface area contributed by atoms with Gasteiger partial charge in [0.05, 0.1) is 14.2 Å². The third-order valence-electron chi connectivity index (χ3n) is 5.25. The fourth-order valence-corrected chi connectivity index (χ4v) is 3.50. The average Bonchev–Trinajstić information content (AvgIpc) is 2.73. The molecule has 2 aromatic carbocycles. The summed E-state index contributed by atoms with van der Waals surface area (Å²) >= 11 is 0. The normalized spacial score (nSPS) is 11.9. The Labute approximate surface area is 169 Å². The zero-order valence-electron chi connectivity index (χ0n) is 17.8. The van der Waals surface area contributed by atoms with Gasteiger partial charge in [-0.05, 0) is 53.6 Å². The molecule has 0 heterocycles. The SMILES string of the molecule is CCC(=O)N(CC[C@@H](c1ccc(OC)cc1)C(C)C)Cc1ccc(OC)cc1. The molecule has 0 saturated carbocycles. The number of hydrogen-bond donors (Lipinski definition) is 0. The molecule has 0 bridgehead atoms. The zero-order chi connectivity index (χ0) is 20.5. The summed E-state index contributed by atoms with van der Waals surface area (Å²) < 4.78 is 10.5. The maximum absolute atomic E-state index is 12.5. The van der Waals surface area contributed by atoms with E-state index in [1.807, 2.05) is 48.2 Å². The maximum Gasteiger partial charge on any atom is 0.222 e. The lowest BCUT2D eigenvalue weighted by atomic mass is 9.85. The van der Waals surface area contributed by atoms with Gasteiger partial charge in [-0.15, -0.1) is 0 Å². The molecule has 0 unspecified atom stereocenters. The number of amides is 1. The van der Waals surface area contributed by atoms with E-state index in [9.17, 15) is 4.79 Å². The van der Waals surface area contributed by atoms with E-state index in [1.165, 1.54) is 5.56 Å². The second kappa shape index (κ2) is 10.7. The zero-order valence-corrected chi connectivity index (χ0v) is 17.8. The lowest BCUT2D eigenvalue weighted by molar-refractivity contribution is -0.131. The number of carbonyl (C=O) groups is 1. The van der Waals surface area contributed by atoms with Crippen molar-refractivity contribution >= 4 is 5.91 Å². The van der Waals surface area contributed by atoms with Crippen LogP contribution in [0.3, 0.4) is 0 Å². The number of nitrogens with zero attached hydrogens (tertiary/aromatic N) is 1. The number of carbonyl (C=O) groups excluding carboxylic acids is 1. The van der Waals surface area contributed by atoms with Gasteiger partial charge in [0.25, 0.3) is 0 Å². The van der Waals surface area contributed by atoms with Crippen molar-refractivity contribution < 1.29 is 14.3 Å². The second-order valence-electron chi connectivity index (χ2n) is 7.43. The maximum atomic E-state index is 12.5. The van der Waals surface area contributed by atoms with Crippen molar-refractivity contribution in [3.63, 3.8) is 0 Å². The van der Waals surface area contributed by atoms with E-state index >= 15 is 0 Å². The average molecular weight is 384 g/mol. The van der Waals surface area contributed by atoms with Crippen LogP contribution < -0.4 is 9.47 Å². The van der Waals surface area contributed by atoms with Crippen molar-refractivity contribution in [2.24, 2.45) is 5.92 Å². The van der Waals surface area contributed by atoms with Crippen molar-refractivity contribution in [2.75, 3.05) is 20.8 Å². The second-order valence-corrected chi connectivity index (χ2v) is 7.43. The Bertz CT molecular complexity index is 723. The van der Waals surface area contributed by atoms with Crippen molar-refractivity contribution in [3.8, 4) is 11.5 Å². The van der Waals surface area contributed by atoms with Gasteiger partial charge in [-0.1, -0.05) is 45.0 Å². The highest BCUT2D eigenvalue weighted by Gasteiger charge is 2.19. The van der Waals surface area contributed by atoms with Crippen LogP contribution in [-0.2, 0) is 11.3 Å². The summed E-state index contributed by atoms with van der Waals surface area (Å²) in [5.74, 6) is 2.78. The fourth-order valence-electron chi connectivity index (χ4n) is 3.50. The van der Waals surface area contributed by atoms with Gasteiger partial charge < -0.3 is 14.4 Å². The molecule has 152 valence electrons. The van der Waals surface area contributed by atoms with Crippen LogP contribution in [0.15, 0.2) is 48.5 Å².